The van der Waals surface area contributed by atoms with Crippen LogP contribution in [-0.4, -0.2) is 24.3 Å². The highest BCUT2D eigenvalue weighted by molar-refractivity contribution is 5.88. The Balaban J connectivity index is 1.81. The fraction of sp³-hybridized carbons (Fsp3) is 0.174. The number of ether oxygens (including phenoxy) is 2. The molecule has 0 aliphatic rings. The highest BCUT2D eigenvalue weighted by atomic mass is 19.1. The van der Waals surface area contributed by atoms with E-state index in [2.05, 4.69) is 0 Å². The van der Waals surface area contributed by atoms with Crippen LogP contribution < -0.4 is 4.74 Å². The molecule has 0 aliphatic carbocycles. The van der Waals surface area contributed by atoms with Gasteiger partial charge in [0.25, 0.3) is 0 Å². The molecule has 0 aliphatic heterocycles. The van der Waals surface area contributed by atoms with E-state index >= 15 is 0 Å². The second-order valence-corrected chi connectivity index (χ2v) is 6.51. The van der Waals surface area contributed by atoms with E-state index in [1.54, 1.807) is 44.4 Å². The van der Waals surface area contributed by atoms with Gasteiger partial charge in [0.05, 0.1) is 26.0 Å². The monoisotopic (exact) mass is 393 g/mol. The standard InChI is InChI=1S/C23H20FNO4/c1-3-28-23(26)22-11-9-17(29-22)14-25-20-10-8-16(27-2)12-15(20)13-21(25)18-6-4-5-7-19(18)24/h4-13H,3,14H2,1-2H3. The summed E-state index contributed by atoms with van der Waals surface area (Å²) >= 11 is 0. The fourth-order valence-electron chi connectivity index (χ4n) is 3.37. The van der Waals surface area contributed by atoms with Crippen molar-refractivity contribution in [2.75, 3.05) is 13.7 Å². The van der Waals surface area contributed by atoms with Crippen molar-refractivity contribution in [3.05, 3.63) is 78.0 Å². The summed E-state index contributed by atoms with van der Waals surface area (Å²) in [6.45, 7) is 2.35. The summed E-state index contributed by atoms with van der Waals surface area (Å²) in [6, 6.07) is 17.6. The number of esters is 1. The summed E-state index contributed by atoms with van der Waals surface area (Å²) in [5.74, 6) is 0.620. The third kappa shape index (κ3) is 3.61. The summed E-state index contributed by atoms with van der Waals surface area (Å²) < 4.78 is 32.5. The number of rotatable bonds is 6. The first kappa shape index (κ1) is 18.8. The van der Waals surface area contributed by atoms with Crippen LogP contribution in [0.5, 0.6) is 5.75 Å². The maximum Gasteiger partial charge on any atom is 0.374 e. The van der Waals surface area contributed by atoms with Crippen molar-refractivity contribution in [2.45, 2.75) is 13.5 Å². The zero-order valence-electron chi connectivity index (χ0n) is 16.1. The molecule has 0 atom stereocenters. The smallest absolute Gasteiger partial charge is 0.374 e. The fourth-order valence-corrected chi connectivity index (χ4v) is 3.37. The van der Waals surface area contributed by atoms with Crippen molar-refractivity contribution in [2.24, 2.45) is 0 Å². The Bertz CT molecular complexity index is 1170. The van der Waals surface area contributed by atoms with Crippen molar-refractivity contribution >= 4 is 16.9 Å². The second-order valence-electron chi connectivity index (χ2n) is 6.51. The van der Waals surface area contributed by atoms with Crippen LogP contribution in [0.4, 0.5) is 4.39 Å². The molecule has 0 saturated carbocycles. The van der Waals surface area contributed by atoms with Gasteiger partial charge < -0.3 is 18.5 Å². The van der Waals surface area contributed by atoms with Crippen LogP contribution in [-0.2, 0) is 11.3 Å². The predicted molar refractivity (Wildman–Crippen MR) is 108 cm³/mol. The lowest BCUT2D eigenvalue weighted by atomic mass is 10.1. The molecule has 0 fully saturated rings. The number of furan rings is 1. The van der Waals surface area contributed by atoms with E-state index in [0.29, 0.717) is 23.6 Å². The van der Waals surface area contributed by atoms with Gasteiger partial charge in [-0.3, -0.25) is 0 Å². The number of carbonyl (C=O) groups excluding carboxylic acids is 1. The van der Waals surface area contributed by atoms with Crippen molar-refractivity contribution in [1.82, 2.24) is 4.57 Å². The minimum atomic E-state index is -0.504. The van der Waals surface area contributed by atoms with E-state index in [4.69, 9.17) is 13.9 Å². The highest BCUT2D eigenvalue weighted by Gasteiger charge is 2.17. The SMILES string of the molecule is CCOC(=O)c1ccc(Cn2c(-c3ccccc3F)cc3cc(OC)ccc32)o1. The Morgan fingerprint density at radius 3 is 2.69 bits per heavy atom. The van der Waals surface area contributed by atoms with Crippen LogP contribution in [0.2, 0.25) is 0 Å². The number of benzene rings is 2. The van der Waals surface area contributed by atoms with E-state index in [-0.39, 0.29) is 18.2 Å². The topological polar surface area (TPSA) is 53.6 Å². The number of hydrogen-bond donors (Lipinski definition) is 0. The normalized spacial score (nSPS) is 11.0. The lowest BCUT2D eigenvalue weighted by Crippen LogP contribution is -2.04. The first-order valence-electron chi connectivity index (χ1n) is 9.28. The van der Waals surface area contributed by atoms with E-state index in [1.807, 2.05) is 28.8 Å². The quantitative estimate of drug-likeness (QED) is 0.419. The molecular weight excluding hydrogens is 373 g/mol. The third-order valence-corrected chi connectivity index (χ3v) is 4.71. The first-order chi connectivity index (χ1) is 14.1. The summed E-state index contributed by atoms with van der Waals surface area (Å²) in [5, 5.41) is 0.916. The summed E-state index contributed by atoms with van der Waals surface area (Å²) in [7, 11) is 1.61. The number of nitrogens with zero attached hydrogens (tertiary/aromatic N) is 1. The molecule has 5 nitrogen and oxygen atoms in total. The Kier molecular flexibility index (Phi) is 5.08. The summed E-state index contributed by atoms with van der Waals surface area (Å²) in [5.41, 5.74) is 2.10. The molecule has 6 heteroatoms. The van der Waals surface area contributed by atoms with Gasteiger partial charge in [0.15, 0.2) is 0 Å². The average Bonchev–Trinajstić information content (AvgIpc) is 3.33. The lowest BCUT2D eigenvalue weighted by Gasteiger charge is -2.10. The Morgan fingerprint density at radius 2 is 1.93 bits per heavy atom. The van der Waals surface area contributed by atoms with Crippen molar-refractivity contribution in [3.8, 4) is 17.0 Å². The predicted octanol–water partition coefficient (Wildman–Crippen LogP) is 5.27. The molecule has 0 amide bonds. The number of halogens is 1. The molecule has 0 saturated heterocycles. The molecule has 4 rings (SSSR count). The van der Waals surface area contributed by atoms with Crippen LogP contribution in [0.1, 0.15) is 23.2 Å². The summed E-state index contributed by atoms with van der Waals surface area (Å²) in [6.07, 6.45) is 0. The lowest BCUT2D eigenvalue weighted by molar-refractivity contribution is 0.0488. The Labute approximate surface area is 167 Å². The molecular formula is C23H20FNO4. The number of carbonyl (C=O) groups is 1. The zero-order chi connectivity index (χ0) is 20.4. The first-order valence-corrected chi connectivity index (χ1v) is 9.28. The molecule has 0 unspecified atom stereocenters. The van der Waals surface area contributed by atoms with Crippen LogP contribution in [0.25, 0.3) is 22.2 Å². The molecule has 0 radical (unpaired) electrons. The maximum absolute atomic E-state index is 14.5. The minimum absolute atomic E-state index is 0.146. The van der Waals surface area contributed by atoms with Gasteiger partial charge in [0.2, 0.25) is 5.76 Å². The van der Waals surface area contributed by atoms with Crippen molar-refractivity contribution < 1.29 is 23.1 Å². The minimum Gasteiger partial charge on any atom is -0.497 e. The number of methoxy groups -OCH3 is 1. The average molecular weight is 393 g/mol. The summed E-state index contributed by atoms with van der Waals surface area (Å²) in [4.78, 5) is 11.9. The number of aromatic nitrogens is 1. The molecule has 0 bridgehead atoms. The van der Waals surface area contributed by atoms with Gasteiger partial charge >= 0.3 is 5.97 Å². The molecule has 148 valence electrons. The van der Waals surface area contributed by atoms with Gasteiger partial charge in [0, 0.05) is 16.5 Å². The highest BCUT2D eigenvalue weighted by Crippen LogP contribution is 2.33. The van der Waals surface area contributed by atoms with Crippen LogP contribution in [0.15, 0.2) is 65.1 Å². The second kappa shape index (κ2) is 7.83. The third-order valence-electron chi connectivity index (χ3n) is 4.71. The van der Waals surface area contributed by atoms with E-state index < -0.39 is 5.97 Å². The van der Waals surface area contributed by atoms with Gasteiger partial charge in [-0.25, -0.2) is 9.18 Å². The van der Waals surface area contributed by atoms with E-state index in [0.717, 1.165) is 16.7 Å². The molecule has 0 spiro atoms. The molecule has 0 N–H and O–H groups in total. The molecule has 2 aromatic heterocycles. The van der Waals surface area contributed by atoms with Crippen molar-refractivity contribution in [1.29, 1.82) is 0 Å². The van der Waals surface area contributed by atoms with Gasteiger partial charge in [-0.05, 0) is 55.5 Å². The van der Waals surface area contributed by atoms with Gasteiger partial charge in [-0.15, -0.1) is 0 Å². The molecule has 29 heavy (non-hydrogen) atoms. The Morgan fingerprint density at radius 1 is 1.10 bits per heavy atom. The van der Waals surface area contributed by atoms with Crippen LogP contribution >= 0.6 is 0 Å². The largest absolute Gasteiger partial charge is 0.497 e. The number of hydrogen-bond acceptors (Lipinski definition) is 4. The van der Waals surface area contributed by atoms with Gasteiger partial charge in [-0.1, -0.05) is 12.1 Å². The molecule has 4 aromatic rings. The van der Waals surface area contributed by atoms with Crippen molar-refractivity contribution in [3.63, 3.8) is 0 Å². The van der Waals surface area contributed by atoms with Gasteiger partial charge in [0.1, 0.15) is 17.3 Å². The Hall–Kier alpha value is -3.54. The zero-order valence-corrected chi connectivity index (χ0v) is 16.1. The van der Waals surface area contributed by atoms with Crippen LogP contribution in [0, 0.1) is 5.82 Å². The van der Waals surface area contributed by atoms with E-state index in [1.165, 1.54) is 6.07 Å². The maximum atomic E-state index is 14.5. The van der Waals surface area contributed by atoms with Gasteiger partial charge in [-0.2, -0.15) is 0 Å². The number of fused-ring (bicyclic) bond motifs is 1. The van der Waals surface area contributed by atoms with Crippen LogP contribution in [0.3, 0.4) is 0 Å². The molecule has 2 aromatic carbocycles. The molecule has 2 heterocycles. The van der Waals surface area contributed by atoms with E-state index in [9.17, 15) is 9.18 Å².